The van der Waals surface area contributed by atoms with Crippen LogP contribution in [-0.2, 0) is 10.2 Å². The summed E-state index contributed by atoms with van der Waals surface area (Å²) >= 11 is 4.50. The van der Waals surface area contributed by atoms with Crippen LogP contribution in [0.4, 0.5) is 0 Å². The van der Waals surface area contributed by atoms with Gasteiger partial charge in [0.05, 0.1) is 18.6 Å². The van der Waals surface area contributed by atoms with E-state index in [1.165, 1.54) is 22.2 Å². The van der Waals surface area contributed by atoms with Crippen molar-refractivity contribution < 1.29 is 4.74 Å². The number of H-pyrrole nitrogens is 1. The van der Waals surface area contributed by atoms with Gasteiger partial charge in [-0.2, -0.15) is 12.6 Å². The van der Waals surface area contributed by atoms with Crippen molar-refractivity contribution in [2.45, 2.75) is 12.3 Å². The van der Waals surface area contributed by atoms with Gasteiger partial charge in [0.15, 0.2) is 0 Å². The van der Waals surface area contributed by atoms with Gasteiger partial charge >= 0.3 is 0 Å². The molecule has 2 heterocycles. The molecule has 1 aromatic heterocycles. The zero-order valence-electron chi connectivity index (χ0n) is 9.29. The monoisotopic (exact) mass is 233 g/mol. The first kappa shape index (κ1) is 10.2. The van der Waals surface area contributed by atoms with Crippen molar-refractivity contribution in [3.05, 3.63) is 35.5 Å². The number of benzene rings is 1. The van der Waals surface area contributed by atoms with Crippen molar-refractivity contribution in [3.63, 3.8) is 0 Å². The predicted molar refractivity (Wildman–Crippen MR) is 69.4 cm³/mol. The van der Waals surface area contributed by atoms with Gasteiger partial charge in [0.25, 0.3) is 0 Å². The van der Waals surface area contributed by atoms with E-state index in [2.05, 4.69) is 48.8 Å². The van der Waals surface area contributed by atoms with Crippen LogP contribution in [0.5, 0.6) is 0 Å². The van der Waals surface area contributed by atoms with E-state index in [0.29, 0.717) is 0 Å². The lowest BCUT2D eigenvalue weighted by atomic mass is 9.79. The molecule has 3 heteroatoms. The molecule has 0 bridgehead atoms. The Hall–Kier alpha value is -0.930. The van der Waals surface area contributed by atoms with Crippen molar-refractivity contribution >= 4 is 23.5 Å². The zero-order valence-corrected chi connectivity index (χ0v) is 10.2. The van der Waals surface area contributed by atoms with Gasteiger partial charge in [0, 0.05) is 22.3 Å². The van der Waals surface area contributed by atoms with Gasteiger partial charge in [-0.1, -0.05) is 18.2 Å². The minimum Gasteiger partial charge on any atom is -0.379 e. The number of hydrogen-bond acceptors (Lipinski definition) is 2. The molecule has 16 heavy (non-hydrogen) atoms. The molecule has 0 unspecified atom stereocenters. The quantitative estimate of drug-likeness (QED) is 0.766. The van der Waals surface area contributed by atoms with E-state index in [9.17, 15) is 0 Å². The topological polar surface area (TPSA) is 25.0 Å². The maximum atomic E-state index is 5.39. The number of thiol groups is 1. The van der Waals surface area contributed by atoms with Crippen molar-refractivity contribution in [2.75, 3.05) is 19.0 Å². The number of ether oxygens (including phenoxy) is 1. The molecule has 1 aliphatic heterocycles. The van der Waals surface area contributed by atoms with Crippen LogP contribution in [0.2, 0.25) is 0 Å². The van der Waals surface area contributed by atoms with Crippen LogP contribution in [0.3, 0.4) is 0 Å². The fourth-order valence-electron chi connectivity index (χ4n) is 2.62. The van der Waals surface area contributed by atoms with E-state index in [-0.39, 0.29) is 5.41 Å². The predicted octanol–water partition coefficient (Wildman–Crippen LogP) is 2.67. The van der Waals surface area contributed by atoms with Crippen LogP contribution < -0.4 is 0 Å². The van der Waals surface area contributed by atoms with Gasteiger partial charge < -0.3 is 9.72 Å². The van der Waals surface area contributed by atoms with Crippen LogP contribution >= 0.6 is 12.6 Å². The molecule has 2 aromatic rings. The number of hydrogen-bond donors (Lipinski definition) is 2. The lowest BCUT2D eigenvalue weighted by Crippen LogP contribution is -2.48. The molecule has 1 aliphatic rings. The van der Waals surface area contributed by atoms with Crippen LogP contribution in [0.25, 0.3) is 10.9 Å². The van der Waals surface area contributed by atoms with Crippen molar-refractivity contribution in [2.24, 2.45) is 0 Å². The van der Waals surface area contributed by atoms with Gasteiger partial charge in [0.1, 0.15) is 0 Å². The number of fused-ring (bicyclic) bond motifs is 1. The minimum atomic E-state index is 0.118. The Labute approximate surface area is 100 Å². The Kier molecular flexibility index (Phi) is 2.26. The van der Waals surface area contributed by atoms with Crippen LogP contribution in [-0.4, -0.2) is 24.0 Å². The molecule has 84 valence electrons. The average molecular weight is 233 g/mol. The molecule has 0 atom stereocenters. The fourth-order valence-corrected chi connectivity index (χ4v) is 2.96. The van der Waals surface area contributed by atoms with E-state index >= 15 is 0 Å². The summed E-state index contributed by atoms with van der Waals surface area (Å²) in [5.41, 5.74) is 3.97. The number of aromatic amines is 1. The number of aromatic nitrogens is 1. The highest BCUT2D eigenvalue weighted by Crippen LogP contribution is 2.39. The summed E-state index contributed by atoms with van der Waals surface area (Å²) in [5.74, 6) is 0.843. The lowest BCUT2D eigenvalue weighted by Gasteiger charge is -2.41. The van der Waals surface area contributed by atoms with Crippen molar-refractivity contribution in [3.8, 4) is 0 Å². The van der Waals surface area contributed by atoms with E-state index in [1.54, 1.807) is 0 Å². The first-order valence-corrected chi connectivity index (χ1v) is 6.16. The number of aryl methyl sites for hydroxylation is 1. The van der Waals surface area contributed by atoms with Crippen molar-refractivity contribution in [1.29, 1.82) is 0 Å². The maximum absolute atomic E-state index is 5.39. The summed E-state index contributed by atoms with van der Waals surface area (Å²) in [5, 5.41) is 1.32. The number of nitrogens with one attached hydrogen (secondary N) is 1. The minimum absolute atomic E-state index is 0.118. The highest BCUT2D eigenvalue weighted by Gasteiger charge is 2.41. The summed E-state index contributed by atoms with van der Waals surface area (Å²) in [6.07, 6.45) is 0. The van der Waals surface area contributed by atoms with Crippen LogP contribution in [0, 0.1) is 6.92 Å². The van der Waals surface area contributed by atoms with Gasteiger partial charge in [-0.25, -0.2) is 0 Å². The third-order valence-electron chi connectivity index (χ3n) is 3.48. The molecule has 0 spiro atoms. The van der Waals surface area contributed by atoms with E-state index in [0.717, 1.165) is 19.0 Å². The highest BCUT2D eigenvalue weighted by molar-refractivity contribution is 7.80. The highest BCUT2D eigenvalue weighted by atomic mass is 32.1. The second-order valence-electron chi connectivity index (χ2n) is 4.60. The maximum Gasteiger partial charge on any atom is 0.0594 e. The molecule has 1 saturated heterocycles. The Morgan fingerprint density at radius 1 is 1.38 bits per heavy atom. The summed E-state index contributed by atoms with van der Waals surface area (Å²) in [4.78, 5) is 3.45. The average Bonchev–Trinajstić information content (AvgIpc) is 2.56. The second kappa shape index (κ2) is 3.54. The van der Waals surface area contributed by atoms with Gasteiger partial charge in [-0.3, -0.25) is 0 Å². The number of rotatable bonds is 2. The van der Waals surface area contributed by atoms with Gasteiger partial charge in [-0.05, 0) is 18.6 Å². The largest absolute Gasteiger partial charge is 0.379 e. The van der Waals surface area contributed by atoms with Gasteiger partial charge in [0.2, 0.25) is 0 Å². The smallest absolute Gasteiger partial charge is 0.0594 e. The standard InChI is InChI=1S/C13H15NOS/c1-9-12(13(8-16)6-15-7-13)10-4-2-3-5-11(10)14-9/h2-5,14,16H,6-8H2,1H3. The molecule has 1 aromatic carbocycles. The molecule has 0 aliphatic carbocycles. The molecular formula is C13H15NOS. The molecule has 1 N–H and O–H groups in total. The first-order chi connectivity index (χ1) is 7.77. The molecule has 1 fully saturated rings. The molecule has 0 radical (unpaired) electrons. The Balaban J connectivity index is 2.26. The summed E-state index contributed by atoms with van der Waals surface area (Å²) < 4.78 is 5.39. The third-order valence-corrected chi connectivity index (χ3v) is 4.09. The zero-order chi connectivity index (χ0) is 11.2. The van der Waals surface area contributed by atoms with Crippen LogP contribution in [0.1, 0.15) is 11.3 Å². The summed E-state index contributed by atoms with van der Waals surface area (Å²) in [6, 6.07) is 8.45. The van der Waals surface area contributed by atoms with Crippen molar-refractivity contribution in [1.82, 2.24) is 4.98 Å². The van der Waals surface area contributed by atoms with E-state index in [4.69, 9.17) is 4.74 Å². The molecule has 2 nitrogen and oxygen atoms in total. The lowest BCUT2D eigenvalue weighted by molar-refractivity contribution is -0.0466. The third kappa shape index (κ3) is 1.25. The Morgan fingerprint density at radius 2 is 2.12 bits per heavy atom. The Bertz CT molecular complexity index is 522. The fraction of sp³-hybridized carbons (Fsp3) is 0.385. The SMILES string of the molecule is Cc1[nH]c2ccccc2c1C1(CS)COC1. The first-order valence-electron chi connectivity index (χ1n) is 5.53. The van der Waals surface area contributed by atoms with Crippen LogP contribution in [0.15, 0.2) is 24.3 Å². The summed E-state index contributed by atoms with van der Waals surface area (Å²) in [7, 11) is 0. The molecular weight excluding hydrogens is 218 g/mol. The molecule has 0 amide bonds. The van der Waals surface area contributed by atoms with Gasteiger partial charge in [-0.15, -0.1) is 0 Å². The molecule has 0 saturated carbocycles. The normalized spacial score (nSPS) is 18.6. The number of para-hydroxylation sites is 1. The van der Waals surface area contributed by atoms with E-state index in [1.807, 2.05) is 0 Å². The van der Waals surface area contributed by atoms with E-state index < -0.39 is 0 Å². The second-order valence-corrected chi connectivity index (χ2v) is 4.92. The molecule has 3 rings (SSSR count). The summed E-state index contributed by atoms with van der Waals surface area (Å²) in [6.45, 7) is 3.72. The Morgan fingerprint density at radius 3 is 2.75 bits per heavy atom.